The second kappa shape index (κ2) is 14.8. The summed E-state index contributed by atoms with van der Waals surface area (Å²) in [6.07, 6.45) is 2.37. The minimum atomic E-state index is -1.07. The first-order valence-corrected chi connectivity index (χ1v) is 15.0. The number of nitro groups is 1. The van der Waals surface area contributed by atoms with Gasteiger partial charge in [-0.2, -0.15) is 0 Å². The van der Waals surface area contributed by atoms with Crippen molar-refractivity contribution in [3.05, 3.63) is 118 Å². The largest absolute Gasteiger partial charge is 0.374 e. The van der Waals surface area contributed by atoms with Crippen molar-refractivity contribution < 1.29 is 23.9 Å². The maximum Gasteiger partial charge on any atom is 0.276 e. The van der Waals surface area contributed by atoms with Gasteiger partial charge in [0, 0.05) is 10.2 Å². The van der Waals surface area contributed by atoms with E-state index in [9.17, 15) is 10.1 Å². The van der Waals surface area contributed by atoms with E-state index >= 15 is 0 Å². The Hall–Kier alpha value is -2.75. The fraction of sp³-hybridized carbons (Fsp3) is 0.438. The highest BCUT2D eigenvalue weighted by Gasteiger charge is 2.55. The van der Waals surface area contributed by atoms with E-state index in [0.29, 0.717) is 18.5 Å². The Morgan fingerprint density at radius 1 is 0.750 bits per heavy atom. The molecule has 1 unspecified atom stereocenters. The summed E-state index contributed by atoms with van der Waals surface area (Å²) in [5.74, 6) is 0. The van der Waals surface area contributed by atoms with Gasteiger partial charge >= 0.3 is 0 Å². The molecule has 40 heavy (non-hydrogen) atoms. The Morgan fingerprint density at radius 2 is 1.25 bits per heavy atom. The van der Waals surface area contributed by atoms with Crippen molar-refractivity contribution in [3.8, 4) is 0 Å². The molecule has 1 aliphatic carbocycles. The zero-order chi connectivity index (χ0) is 27.6. The second-order valence-electron chi connectivity index (χ2n) is 10.4. The first-order chi connectivity index (χ1) is 19.7. The van der Waals surface area contributed by atoms with Gasteiger partial charge in [-0.05, 0) is 29.5 Å². The van der Waals surface area contributed by atoms with Crippen LogP contribution in [-0.2, 0) is 38.8 Å². The van der Waals surface area contributed by atoms with E-state index in [0.717, 1.165) is 42.4 Å². The third-order valence-electron chi connectivity index (χ3n) is 7.45. The van der Waals surface area contributed by atoms with Gasteiger partial charge in [0.05, 0.1) is 26.4 Å². The summed E-state index contributed by atoms with van der Waals surface area (Å²) in [4.78, 5) is 12.4. The SMILES string of the molecule is O=[N+]([O-])[C@H]1C(SC2CCCC2)O[C@H](COCc2ccccc2)[C@H](OCc2ccccc2)[C@@H]1OCc1ccccc1. The highest BCUT2D eigenvalue weighted by Crippen LogP contribution is 2.40. The maximum absolute atomic E-state index is 12.6. The molecule has 0 amide bonds. The van der Waals surface area contributed by atoms with Crippen LogP contribution in [0.3, 0.4) is 0 Å². The van der Waals surface area contributed by atoms with Crippen molar-refractivity contribution >= 4 is 11.8 Å². The number of benzene rings is 3. The molecular formula is C32H37NO6S. The lowest BCUT2D eigenvalue weighted by molar-refractivity contribution is -0.555. The number of nitrogens with zero attached hydrogens (tertiary/aromatic N) is 1. The first-order valence-electron chi connectivity index (χ1n) is 14.0. The molecule has 8 heteroatoms. The van der Waals surface area contributed by atoms with Crippen molar-refractivity contribution in [2.45, 2.75) is 80.5 Å². The highest BCUT2D eigenvalue weighted by atomic mass is 32.2. The monoisotopic (exact) mass is 563 g/mol. The predicted molar refractivity (Wildman–Crippen MR) is 155 cm³/mol. The molecule has 5 atom stereocenters. The average molecular weight is 564 g/mol. The van der Waals surface area contributed by atoms with E-state index in [1.54, 1.807) is 11.8 Å². The van der Waals surface area contributed by atoms with Crippen LogP contribution in [0.25, 0.3) is 0 Å². The van der Waals surface area contributed by atoms with Crippen molar-refractivity contribution in [3.63, 3.8) is 0 Å². The summed E-state index contributed by atoms with van der Waals surface area (Å²) in [6.45, 7) is 1.20. The maximum atomic E-state index is 12.6. The minimum Gasteiger partial charge on any atom is -0.374 e. The molecule has 1 saturated heterocycles. The van der Waals surface area contributed by atoms with Crippen LogP contribution >= 0.6 is 11.8 Å². The Bertz CT molecular complexity index is 1160. The molecular weight excluding hydrogens is 526 g/mol. The van der Waals surface area contributed by atoms with Crippen LogP contribution < -0.4 is 0 Å². The number of rotatable bonds is 13. The standard InChI is InChI=1S/C32H37NO6S/c34-33(35)29-31(38-22-26-16-8-3-9-17-26)30(37-21-25-14-6-2-7-15-25)28(23-36-20-24-12-4-1-5-13-24)39-32(29)40-27-18-10-11-19-27/h1-9,12-17,27-32H,10-11,18-23H2/t28-,29-,30+,31-,32?/m1/s1. The van der Waals surface area contributed by atoms with Crippen LogP contribution in [0.1, 0.15) is 42.4 Å². The second-order valence-corrected chi connectivity index (χ2v) is 11.8. The molecule has 2 fully saturated rings. The van der Waals surface area contributed by atoms with E-state index < -0.39 is 29.8 Å². The lowest BCUT2D eigenvalue weighted by atomic mass is 9.97. The molecule has 0 N–H and O–H groups in total. The van der Waals surface area contributed by atoms with Gasteiger partial charge in [0.1, 0.15) is 12.2 Å². The minimum absolute atomic E-state index is 0.234. The zero-order valence-electron chi connectivity index (χ0n) is 22.6. The molecule has 0 spiro atoms. The third kappa shape index (κ3) is 7.92. The van der Waals surface area contributed by atoms with Crippen molar-refractivity contribution in [1.29, 1.82) is 0 Å². The van der Waals surface area contributed by atoms with Crippen molar-refractivity contribution in [2.75, 3.05) is 6.61 Å². The van der Waals surface area contributed by atoms with Gasteiger partial charge in [0.25, 0.3) is 6.04 Å². The molecule has 1 heterocycles. The van der Waals surface area contributed by atoms with Crippen LogP contribution in [0.15, 0.2) is 91.0 Å². The van der Waals surface area contributed by atoms with E-state index in [-0.39, 0.29) is 18.1 Å². The van der Waals surface area contributed by atoms with Gasteiger partial charge in [0.15, 0.2) is 11.5 Å². The Balaban J connectivity index is 1.40. The van der Waals surface area contributed by atoms with Gasteiger partial charge in [-0.3, -0.25) is 10.1 Å². The summed E-state index contributed by atoms with van der Waals surface area (Å²) in [5.41, 5.74) is 2.33. The van der Waals surface area contributed by atoms with Crippen molar-refractivity contribution in [1.82, 2.24) is 0 Å². The summed E-state index contributed by atoms with van der Waals surface area (Å²) >= 11 is 1.59. The van der Waals surface area contributed by atoms with Crippen LogP contribution in [-0.4, -0.2) is 46.6 Å². The Kier molecular flexibility index (Phi) is 10.6. The first kappa shape index (κ1) is 28.8. The fourth-order valence-corrected chi connectivity index (χ4v) is 6.97. The smallest absolute Gasteiger partial charge is 0.276 e. The van der Waals surface area contributed by atoms with Gasteiger partial charge in [0.2, 0.25) is 0 Å². The summed E-state index contributed by atoms with van der Waals surface area (Å²) in [7, 11) is 0. The average Bonchev–Trinajstić information content (AvgIpc) is 3.50. The normalized spacial score (nSPS) is 25.1. The number of hydrogen-bond acceptors (Lipinski definition) is 7. The van der Waals surface area contributed by atoms with Gasteiger partial charge in [-0.15, -0.1) is 11.8 Å². The van der Waals surface area contributed by atoms with Crippen LogP contribution in [0, 0.1) is 10.1 Å². The predicted octanol–water partition coefficient (Wildman–Crippen LogP) is 6.42. The molecule has 1 aliphatic heterocycles. The summed E-state index contributed by atoms with van der Waals surface area (Å²) in [6, 6.07) is 28.4. The summed E-state index contributed by atoms with van der Waals surface area (Å²) in [5, 5.41) is 13.0. The molecule has 0 radical (unpaired) electrons. The number of ether oxygens (including phenoxy) is 4. The molecule has 0 aromatic heterocycles. The molecule has 0 bridgehead atoms. The fourth-order valence-electron chi connectivity index (χ4n) is 5.37. The van der Waals surface area contributed by atoms with Crippen LogP contribution in [0.2, 0.25) is 0 Å². The van der Waals surface area contributed by atoms with Gasteiger partial charge in [-0.25, -0.2) is 0 Å². The van der Waals surface area contributed by atoms with Crippen LogP contribution in [0.4, 0.5) is 0 Å². The van der Waals surface area contributed by atoms with Crippen molar-refractivity contribution in [2.24, 2.45) is 0 Å². The van der Waals surface area contributed by atoms with E-state index in [2.05, 4.69) is 0 Å². The molecule has 2 aliphatic rings. The molecule has 5 rings (SSSR count). The topological polar surface area (TPSA) is 80.1 Å². The van der Waals surface area contributed by atoms with E-state index in [1.807, 2.05) is 91.0 Å². The van der Waals surface area contributed by atoms with Crippen LogP contribution in [0.5, 0.6) is 0 Å². The zero-order valence-corrected chi connectivity index (χ0v) is 23.4. The summed E-state index contributed by atoms with van der Waals surface area (Å²) < 4.78 is 25.5. The van der Waals surface area contributed by atoms with E-state index in [1.165, 1.54) is 0 Å². The third-order valence-corrected chi connectivity index (χ3v) is 8.97. The van der Waals surface area contributed by atoms with Gasteiger partial charge in [-0.1, -0.05) is 104 Å². The Morgan fingerprint density at radius 3 is 1.77 bits per heavy atom. The van der Waals surface area contributed by atoms with E-state index in [4.69, 9.17) is 18.9 Å². The number of thioether (sulfide) groups is 1. The molecule has 1 saturated carbocycles. The molecule has 7 nitrogen and oxygen atoms in total. The molecule has 3 aromatic carbocycles. The Labute approximate surface area is 240 Å². The quantitative estimate of drug-likeness (QED) is 0.175. The number of hydrogen-bond donors (Lipinski definition) is 0. The molecule has 3 aromatic rings. The molecule has 212 valence electrons. The lowest BCUT2D eigenvalue weighted by Gasteiger charge is -2.42. The highest BCUT2D eigenvalue weighted by molar-refractivity contribution is 8.00. The van der Waals surface area contributed by atoms with Gasteiger partial charge < -0.3 is 18.9 Å². The lowest BCUT2D eigenvalue weighted by Crippen LogP contribution is -2.62.